The minimum atomic E-state index is -0.637. The topological polar surface area (TPSA) is 88.4 Å². The zero-order valence-electron chi connectivity index (χ0n) is 16.3. The van der Waals surface area contributed by atoms with Gasteiger partial charge < -0.3 is 15.1 Å². The molecule has 0 saturated carbocycles. The van der Waals surface area contributed by atoms with E-state index in [9.17, 15) is 14.4 Å². The Morgan fingerprint density at radius 3 is 1.48 bits per heavy atom. The van der Waals surface area contributed by atoms with Crippen LogP contribution in [0.25, 0.3) is 0 Å². The van der Waals surface area contributed by atoms with E-state index in [0.717, 1.165) is 11.1 Å². The van der Waals surface area contributed by atoms with E-state index < -0.39 is 17.2 Å². The number of nitrogens with one attached hydrogen (secondary N) is 2. The van der Waals surface area contributed by atoms with E-state index in [-0.39, 0.29) is 35.7 Å². The highest BCUT2D eigenvalue weighted by atomic mass is 16.3. The molecular formula is C23H22N2O4. The van der Waals surface area contributed by atoms with Crippen LogP contribution in [0.2, 0.25) is 0 Å². The minimum absolute atomic E-state index is 0.156. The second-order valence-electron chi connectivity index (χ2n) is 6.63. The average molecular weight is 390 g/mol. The number of hydrogen-bond acceptors (Lipinski definition) is 4. The molecule has 2 N–H and O–H groups in total. The normalized spacial score (nSPS) is 10.4. The van der Waals surface area contributed by atoms with Crippen LogP contribution in [0.3, 0.4) is 0 Å². The number of carbonyl (C=O) groups is 2. The van der Waals surface area contributed by atoms with Crippen molar-refractivity contribution < 1.29 is 14.0 Å². The fourth-order valence-corrected chi connectivity index (χ4v) is 3.04. The van der Waals surface area contributed by atoms with Crippen molar-refractivity contribution in [1.29, 1.82) is 0 Å². The van der Waals surface area contributed by atoms with Gasteiger partial charge in [-0.05, 0) is 25.0 Å². The highest BCUT2D eigenvalue weighted by Gasteiger charge is 2.24. The zero-order valence-corrected chi connectivity index (χ0v) is 16.3. The Kier molecular flexibility index (Phi) is 6.24. The Morgan fingerprint density at radius 2 is 1.10 bits per heavy atom. The van der Waals surface area contributed by atoms with E-state index in [1.807, 2.05) is 60.7 Å². The summed E-state index contributed by atoms with van der Waals surface area (Å²) >= 11 is 0. The summed E-state index contributed by atoms with van der Waals surface area (Å²) in [6.45, 7) is 3.61. The van der Waals surface area contributed by atoms with Gasteiger partial charge in [-0.2, -0.15) is 0 Å². The fourth-order valence-electron chi connectivity index (χ4n) is 3.04. The lowest BCUT2D eigenvalue weighted by molar-refractivity contribution is 0.0942. The SMILES string of the molecule is Cc1oc(C)c(C(=O)NCc2ccccc2)c(=O)c1C(=O)NCc1ccccc1. The molecule has 0 spiro atoms. The molecule has 2 amide bonds. The molecule has 0 aliphatic rings. The molecule has 0 fully saturated rings. The molecule has 0 saturated heterocycles. The third-order valence-electron chi connectivity index (χ3n) is 4.51. The maximum atomic E-state index is 12.9. The summed E-state index contributed by atoms with van der Waals surface area (Å²) in [4.78, 5) is 38.2. The Hall–Kier alpha value is -3.67. The van der Waals surface area contributed by atoms with Crippen molar-refractivity contribution in [2.45, 2.75) is 26.9 Å². The van der Waals surface area contributed by atoms with Crippen molar-refractivity contribution in [3.8, 4) is 0 Å². The quantitative estimate of drug-likeness (QED) is 0.677. The summed E-state index contributed by atoms with van der Waals surface area (Å²) in [5.74, 6) is -0.787. The highest BCUT2D eigenvalue weighted by molar-refractivity contribution is 6.00. The van der Waals surface area contributed by atoms with Crippen LogP contribution in [0.5, 0.6) is 0 Å². The Morgan fingerprint density at radius 1 is 0.724 bits per heavy atom. The van der Waals surface area contributed by atoms with Crippen LogP contribution in [-0.4, -0.2) is 11.8 Å². The summed E-state index contributed by atoms with van der Waals surface area (Å²) in [7, 11) is 0. The molecule has 1 aromatic heterocycles. The van der Waals surface area contributed by atoms with Crippen molar-refractivity contribution in [2.75, 3.05) is 0 Å². The summed E-state index contributed by atoms with van der Waals surface area (Å²) in [6.07, 6.45) is 0. The first-order valence-electron chi connectivity index (χ1n) is 9.26. The average Bonchev–Trinajstić information content (AvgIpc) is 2.72. The van der Waals surface area contributed by atoms with Crippen LogP contribution in [0.4, 0.5) is 0 Å². The minimum Gasteiger partial charge on any atom is -0.465 e. The van der Waals surface area contributed by atoms with Gasteiger partial charge in [0.25, 0.3) is 11.8 Å². The molecule has 0 aliphatic heterocycles. The molecule has 0 unspecified atom stereocenters. The van der Waals surface area contributed by atoms with Crippen molar-refractivity contribution in [3.05, 3.63) is 105 Å². The lowest BCUT2D eigenvalue weighted by Gasteiger charge is -2.11. The van der Waals surface area contributed by atoms with Crippen LogP contribution in [0.15, 0.2) is 69.9 Å². The molecule has 148 valence electrons. The largest absolute Gasteiger partial charge is 0.465 e. The monoisotopic (exact) mass is 390 g/mol. The van der Waals surface area contributed by atoms with E-state index in [0.29, 0.717) is 0 Å². The second kappa shape index (κ2) is 9.01. The number of benzene rings is 2. The number of amides is 2. The molecule has 0 atom stereocenters. The van der Waals surface area contributed by atoms with Crippen molar-refractivity contribution in [2.24, 2.45) is 0 Å². The maximum Gasteiger partial charge on any atom is 0.259 e. The highest BCUT2D eigenvalue weighted by Crippen LogP contribution is 2.12. The number of aryl methyl sites for hydroxylation is 2. The maximum absolute atomic E-state index is 12.9. The van der Waals surface area contributed by atoms with Crippen molar-refractivity contribution in [3.63, 3.8) is 0 Å². The Labute approximate surface area is 168 Å². The van der Waals surface area contributed by atoms with Gasteiger partial charge in [-0.15, -0.1) is 0 Å². The first-order valence-corrected chi connectivity index (χ1v) is 9.26. The van der Waals surface area contributed by atoms with Gasteiger partial charge in [-0.3, -0.25) is 14.4 Å². The number of carbonyl (C=O) groups excluding carboxylic acids is 2. The van der Waals surface area contributed by atoms with Gasteiger partial charge in [0.1, 0.15) is 22.6 Å². The van der Waals surface area contributed by atoms with Gasteiger partial charge >= 0.3 is 0 Å². The summed E-state index contributed by atoms with van der Waals surface area (Å²) in [6, 6.07) is 18.7. The van der Waals surface area contributed by atoms with Crippen LogP contribution in [0.1, 0.15) is 43.4 Å². The zero-order chi connectivity index (χ0) is 20.8. The molecule has 6 nitrogen and oxygen atoms in total. The predicted octanol–water partition coefficient (Wildman–Crippen LogP) is 3.12. The Balaban J connectivity index is 1.81. The van der Waals surface area contributed by atoms with Gasteiger partial charge in [0, 0.05) is 13.1 Å². The third kappa shape index (κ3) is 4.79. The lowest BCUT2D eigenvalue weighted by atomic mass is 10.1. The lowest BCUT2D eigenvalue weighted by Crippen LogP contribution is -2.35. The third-order valence-corrected chi connectivity index (χ3v) is 4.51. The van der Waals surface area contributed by atoms with Gasteiger partial charge in [-0.1, -0.05) is 60.7 Å². The smallest absolute Gasteiger partial charge is 0.259 e. The van der Waals surface area contributed by atoms with E-state index in [2.05, 4.69) is 10.6 Å². The van der Waals surface area contributed by atoms with Crippen LogP contribution < -0.4 is 16.1 Å². The Bertz CT molecular complexity index is 991. The number of hydrogen-bond donors (Lipinski definition) is 2. The van der Waals surface area contributed by atoms with Crippen LogP contribution in [0, 0.1) is 13.8 Å². The molecule has 6 heteroatoms. The van der Waals surface area contributed by atoms with Crippen molar-refractivity contribution >= 4 is 11.8 Å². The van der Waals surface area contributed by atoms with Crippen LogP contribution in [-0.2, 0) is 13.1 Å². The summed E-state index contributed by atoms with van der Waals surface area (Å²) in [5.41, 5.74) is 0.849. The van der Waals surface area contributed by atoms with E-state index >= 15 is 0 Å². The molecule has 0 radical (unpaired) electrons. The fraction of sp³-hybridized carbons (Fsp3) is 0.174. The van der Waals surface area contributed by atoms with E-state index in [1.54, 1.807) is 0 Å². The first kappa shape index (κ1) is 20.1. The molecule has 2 aromatic carbocycles. The predicted molar refractivity (Wildman–Crippen MR) is 110 cm³/mol. The van der Waals surface area contributed by atoms with Crippen molar-refractivity contribution in [1.82, 2.24) is 10.6 Å². The van der Waals surface area contributed by atoms with Gasteiger partial charge in [-0.25, -0.2) is 0 Å². The standard InChI is InChI=1S/C23H22N2O4/c1-15-19(22(27)24-13-17-9-5-3-6-10-17)21(26)20(16(2)29-15)23(28)25-14-18-11-7-4-8-12-18/h3-12H,13-14H2,1-2H3,(H,24,27)(H,25,28). The number of rotatable bonds is 6. The van der Waals surface area contributed by atoms with Gasteiger partial charge in [0.15, 0.2) is 0 Å². The second-order valence-corrected chi connectivity index (χ2v) is 6.63. The van der Waals surface area contributed by atoms with E-state index in [1.165, 1.54) is 13.8 Å². The van der Waals surface area contributed by atoms with Gasteiger partial charge in [0.05, 0.1) is 0 Å². The van der Waals surface area contributed by atoms with E-state index in [4.69, 9.17) is 4.42 Å². The molecule has 1 heterocycles. The first-order chi connectivity index (χ1) is 14.0. The summed E-state index contributed by atoms with van der Waals surface area (Å²) < 4.78 is 5.54. The summed E-state index contributed by atoms with van der Waals surface area (Å²) in [5, 5.41) is 5.42. The molecule has 3 rings (SSSR count). The van der Waals surface area contributed by atoms with Crippen LogP contribution >= 0.6 is 0 Å². The van der Waals surface area contributed by atoms with Gasteiger partial charge in [0.2, 0.25) is 5.43 Å². The molecule has 0 aliphatic carbocycles. The molecular weight excluding hydrogens is 368 g/mol. The molecule has 29 heavy (non-hydrogen) atoms. The molecule has 3 aromatic rings. The molecule has 0 bridgehead atoms.